The minimum Gasteiger partial charge on any atom is -0.396 e. The highest BCUT2D eigenvalue weighted by atomic mass is 16.3. The maximum atomic E-state index is 8.91. The number of aliphatic hydroxyl groups excluding tert-OH is 1. The number of hydrogen-bond donors (Lipinski definition) is 1. The topological polar surface area (TPSA) is 23.5 Å². The van der Waals surface area contributed by atoms with Crippen LogP contribution in [0.4, 0.5) is 0 Å². The van der Waals surface area contributed by atoms with Crippen molar-refractivity contribution in [1.82, 2.24) is 4.90 Å². The zero-order chi connectivity index (χ0) is 7.68. The fourth-order valence-corrected chi connectivity index (χ4v) is 1.89. The van der Waals surface area contributed by atoms with Gasteiger partial charge in [0.1, 0.15) is 0 Å². The summed E-state index contributed by atoms with van der Waals surface area (Å²) in [6.07, 6.45) is 4.10. The smallest absolute Gasteiger partial charge is 0.0471 e. The molecule has 0 aromatic rings. The third kappa shape index (κ3) is 1.94. The van der Waals surface area contributed by atoms with E-state index in [-0.39, 0.29) is 0 Å². The zero-order valence-electron chi connectivity index (χ0n) is 7.00. The van der Waals surface area contributed by atoms with E-state index in [0.29, 0.717) is 12.5 Å². The standard InChI is InChI=1S/C9H17NO/c11-7-9-3-4-10(6-9)5-8-1-2-8/h8-9,11H,1-7H2/t9-/m1/s1. The summed E-state index contributed by atoms with van der Waals surface area (Å²) in [5, 5.41) is 8.91. The van der Waals surface area contributed by atoms with Crippen molar-refractivity contribution >= 4 is 0 Å². The highest BCUT2D eigenvalue weighted by molar-refractivity contribution is 4.82. The monoisotopic (exact) mass is 155 g/mol. The molecule has 11 heavy (non-hydrogen) atoms. The summed E-state index contributed by atoms with van der Waals surface area (Å²) >= 11 is 0. The largest absolute Gasteiger partial charge is 0.396 e. The van der Waals surface area contributed by atoms with Gasteiger partial charge in [-0.05, 0) is 37.6 Å². The fourth-order valence-electron chi connectivity index (χ4n) is 1.89. The van der Waals surface area contributed by atoms with Crippen molar-refractivity contribution in [2.24, 2.45) is 11.8 Å². The molecule has 0 amide bonds. The van der Waals surface area contributed by atoms with Crippen LogP contribution in [-0.2, 0) is 0 Å². The van der Waals surface area contributed by atoms with E-state index in [0.717, 1.165) is 12.5 Å². The van der Waals surface area contributed by atoms with Gasteiger partial charge in [0, 0.05) is 19.7 Å². The molecule has 0 spiro atoms. The van der Waals surface area contributed by atoms with Crippen LogP contribution in [0.3, 0.4) is 0 Å². The Morgan fingerprint density at radius 1 is 1.18 bits per heavy atom. The Hall–Kier alpha value is -0.0800. The lowest BCUT2D eigenvalue weighted by Gasteiger charge is -2.14. The minimum atomic E-state index is 0.390. The Morgan fingerprint density at radius 3 is 2.55 bits per heavy atom. The first-order valence-electron chi connectivity index (χ1n) is 4.71. The molecule has 2 nitrogen and oxygen atoms in total. The molecule has 1 N–H and O–H groups in total. The summed E-state index contributed by atoms with van der Waals surface area (Å²) < 4.78 is 0. The molecule has 2 rings (SSSR count). The van der Waals surface area contributed by atoms with Gasteiger partial charge in [-0.2, -0.15) is 0 Å². The predicted octanol–water partition coefficient (Wildman–Crippen LogP) is 0.711. The Labute approximate surface area is 68.2 Å². The van der Waals surface area contributed by atoms with Gasteiger partial charge in [-0.15, -0.1) is 0 Å². The predicted molar refractivity (Wildman–Crippen MR) is 44.4 cm³/mol. The third-order valence-corrected chi connectivity index (χ3v) is 2.84. The van der Waals surface area contributed by atoms with E-state index >= 15 is 0 Å². The van der Waals surface area contributed by atoms with Crippen LogP contribution in [0.5, 0.6) is 0 Å². The number of rotatable bonds is 3. The van der Waals surface area contributed by atoms with Crippen LogP contribution < -0.4 is 0 Å². The molecule has 1 heterocycles. The van der Waals surface area contributed by atoms with Gasteiger partial charge in [-0.25, -0.2) is 0 Å². The molecule has 0 aromatic heterocycles. The summed E-state index contributed by atoms with van der Waals surface area (Å²) in [4.78, 5) is 2.51. The van der Waals surface area contributed by atoms with Gasteiger partial charge in [0.25, 0.3) is 0 Å². The van der Waals surface area contributed by atoms with Gasteiger partial charge in [-0.3, -0.25) is 0 Å². The Bertz CT molecular complexity index is 134. The molecule has 1 saturated carbocycles. The Balaban J connectivity index is 1.70. The Kier molecular flexibility index (Phi) is 2.14. The number of hydrogen-bond acceptors (Lipinski definition) is 2. The first kappa shape index (κ1) is 7.56. The molecular formula is C9H17NO. The molecule has 0 bridgehead atoms. The van der Waals surface area contributed by atoms with Crippen molar-refractivity contribution in [2.45, 2.75) is 19.3 Å². The van der Waals surface area contributed by atoms with Gasteiger partial charge in [-0.1, -0.05) is 0 Å². The SMILES string of the molecule is OC[C@@H]1CCN(CC2CC2)C1. The fraction of sp³-hybridized carbons (Fsp3) is 1.00. The molecule has 2 fully saturated rings. The molecule has 1 atom stereocenters. The Morgan fingerprint density at radius 2 is 2.00 bits per heavy atom. The van der Waals surface area contributed by atoms with Crippen LogP contribution in [-0.4, -0.2) is 36.2 Å². The molecule has 1 aliphatic carbocycles. The molecule has 2 aliphatic rings. The van der Waals surface area contributed by atoms with E-state index < -0.39 is 0 Å². The zero-order valence-corrected chi connectivity index (χ0v) is 7.00. The summed E-state index contributed by atoms with van der Waals surface area (Å²) in [5.41, 5.74) is 0. The van der Waals surface area contributed by atoms with Gasteiger partial charge < -0.3 is 10.0 Å². The number of likely N-dealkylation sites (tertiary alicyclic amines) is 1. The number of aliphatic hydroxyl groups is 1. The molecule has 64 valence electrons. The van der Waals surface area contributed by atoms with E-state index in [1.807, 2.05) is 0 Å². The molecule has 0 aromatic carbocycles. The third-order valence-electron chi connectivity index (χ3n) is 2.84. The van der Waals surface area contributed by atoms with E-state index in [1.165, 1.54) is 32.4 Å². The van der Waals surface area contributed by atoms with Crippen molar-refractivity contribution in [2.75, 3.05) is 26.2 Å². The minimum absolute atomic E-state index is 0.390. The molecule has 2 heteroatoms. The van der Waals surface area contributed by atoms with Crippen LogP contribution in [0.15, 0.2) is 0 Å². The summed E-state index contributed by atoms with van der Waals surface area (Å²) in [6, 6.07) is 0. The maximum absolute atomic E-state index is 8.91. The van der Waals surface area contributed by atoms with Gasteiger partial charge in [0.2, 0.25) is 0 Å². The van der Waals surface area contributed by atoms with Crippen LogP contribution in [0.2, 0.25) is 0 Å². The highest BCUT2D eigenvalue weighted by Crippen LogP contribution is 2.31. The first-order valence-corrected chi connectivity index (χ1v) is 4.71. The lowest BCUT2D eigenvalue weighted by Crippen LogP contribution is -2.23. The van der Waals surface area contributed by atoms with Crippen molar-refractivity contribution in [3.05, 3.63) is 0 Å². The normalized spacial score (nSPS) is 33.0. The second kappa shape index (κ2) is 3.11. The molecule has 0 radical (unpaired) electrons. The van der Waals surface area contributed by atoms with Gasteiger partial charge in [0.05, 0.1) is 0 Å². The van der Waals surface area contributed by atoms with E-state index in [1.54, 1.807) is 0 Å². The molecule has 1 saturated heterocycles. The molecule has 0 unspecified atom stereocenters. The van der Waals surface area contributed by atoms with Crippen LogP contribution >= 0.6 is 0 Å². The molecular weight excluding hydrogens is 138 g/mol. The van der Waals surface area contributed by atoms with Crippen LogP contribution in [0.1, 0.15) is 19.3 Å². The summed E-state index contributed by atoms with van der Waals surface area (Å²) in [5.74, 6) is 1.58. The average Bonchev–Trinajstić information content (AvgIpc) is 2.68. The number of nitrogens with zero attached hydrogens (tertiary/aromatic N) is 1. The van der Waals surface area contributed by atoms with Crippen molar-refractivity contribution < 1.29 is 5.11 Å². The highest BCUT2D eigenvalue weighted by Gasteiger charge is 2.28. The van der Waals surface area contributed by atoms with Crippen LogP contribution in [0, 0.1) is 11.8 Å². The van der Waals surface area contributed by atoms with Crippen molar-refractivity contribution in [3.63, 3.8) is 0 Å². The van der Waals surface area contributed by atoms with Crippen molar-refractivity contribution in [1.29, 1.82) is 0 Å². The van der Waals surface area contributed by atoms with Crippen molar-refractivity contribution in [3.8, 4) is 0 Å². The van der Waals surface area contributed by atoms with E-state index in [2.05, 4.69) is 4.90 Å². The van der Waals surface area contributed by atoms with E-state index in [4.69, 9.17) is 5.11 Å². The second-order valence-corrected chi connectivity index (χ2v) is 4.04. The van der Waals surface area contributed by atoms with Gasteiger partial charge in [0.15, 0.2) is 0 Å². The average molecular weight is 155 g/mol. The van der Waals surface area contributed by atoms with E-state index in [9.17, 15) is 0 Å². The maximum Gasteiger partial charge on any atom is 0.0471 e. The molecule has 1 aliphatic heterocycles. The van der Waals surface area contributed by atoms with Crippen LogP contribution in [0.25, 0.3) is 0 Å². The summed E-state index contributed by atoms with van der Waals surface area (Å²) in [6.45, 7) is 4.06. The lowest BCUT2D eigenvalue weighted by molar-refractivity contribution is 0.220. The quantitative estimate of drug-likeness (QED) is 0.649. The van der Waals surface area contributed by atoms with Gasteiger partial charge >= 0.3 is 0 Å². The summed E-state index contributed by atoms with van der Waals surface area (Å²) in [7, 11) is 0. The first-order chi connectivity index (χ1) is 5.38. The lowest BCUT2D eigenvalue weighted by atomic mass is 10.1. The second-order valence-electron chi connectivity index (χ2n) is 4.04.